The highest BCUT2D eigenvalue weighted by molar-refractivity contribution is 9.10. The van der Waals surface area contributed by atoms with Gasteiger partial charge in [-0.15, -0.1) is 0 Å². The summed E-state index contributed by atoms with van der Waals surface area (Å²) in [6.07, 6.45) is 0. The summed E-state index contributed by atoms with van der Waals surface area (Å²) in [5.41, 5.74) is 0.480. The zero-order chi connectivity index (χ0) is 17.7. The first-order valence-corrected chi connectivity index (χ1v) is 8.93. The van der Waals surface area contributed by atoms with E-state index in [-0.39, 0.29) is 0 Å². The molecule has 0 saturated carbocycles. The number of rotatable bonds is 5. The molecule has 6 nitrogen and oxygen atoms in total. The van der Waals surface area contributed by atoms with Gasteiger partial charge in [-0.05, 0) is 46.1 Å². The largest absolute Gasteiger partial charge is 0.480 e. The van der Waals surface area contributed by atoms with Crippen LogP contribution in [0.4, 0.5) is 16.3 Å². The van der Waals surface area contributed by atoms with E-state index >= 15 is 0 Å². The second-order valence-electron chi connectivity index (χ2n) is 4.33. The molecule has 1 heterocycles. The number of amides is 2. The number of benzene rings is 1. The fourth-order valence-electron chi connectivity index (χ4n) is 1.73. The van der Waals surface area contributed by atoms with Gasteiger partial charge in [-0.1, -0.05) is 29.3 Å². The van der Waals surface area contributed by atoms with Crippen molar-refractivity contribution in [2.45, 2.75) is 4.90 Å². The Morgan fingerprint density at radius 2 is 2.00 bits per heavy atom. The molecule has 2 rings (SSSR count). The summed E-state index contributed by atoms with van der Waals surface area (Å²) in [4.78, 5) is 16.9. The Kier molecular flexibility index (Phi) is 6.85. The van der Waals surface area contributed by atoms with Crippen LogP contribution in [0.3, 0.4) is 0 Å². The Hall–Kier alpha value is -1.35. The summed E-state index contributed by atoms with van der Waals surface area (Å²) in [7, 11) is 3.20. The van der Waals surface area contributed by atoms with Crippen LogP contribution in [0.2, 0.25) is 10.0 Å². The number of methoxy groups -OCH3 is 1. The maximum absolute atomic E-state index is 12.1. The molecule has 0 aliphatic heterocycles. The second kappa shape index (κ2) is 8.66. The lowest BCUT2D eigenvalue weighted by Crippen LogP contribution is -2.23. The highest BCUT2D eigenvalue weighted by Crippen LogP contribution is 2.33. The first kappa shape index (κ1) is 19.0. The van der Waals surface area contributed by atoms with E-state index in [0.29, 0.717) is 36.8 Å². The van der Waals surface area contributed by atoms with Crippen molar-refractivity contribution in [2.75, 3.05) is 24.8 Å². The first-order valence-electron chi connectivity index (χ1n) is 6.56. The number of halogens is 3. The number of hydrogen-bond acceptors (Lipinski definition) is 5. The van der Waals surface area contributed by atoms with Gasteiger partial charge in [-0.25, -0.2) is 4.79 Å². The van der Waals surface area contributed by atoms with Crippen molar-refractivity contribution in [1.29, 1.82) is 0 Å². The Bertz CT molecular complexity index is 744. The van der Waals surface area contributed by atoms with E-state index in [9.17, 15) is 4.79 Å². The van der Waals surface area contributed by atoms with Gasteiger partial charge in [-0.2, -0.15) is 4.98 Å². The van der Waals surface area contributed by atoms with Crippen LogP contribution in [0, 0.1) is 0 Å². The van der Waals surface area contributed by atoms with Crippen molar-refractivity contribution < 1.29 is 9.53 Å². The third kappa shape index (κ3) is 4.60. The van der Waals surface area contributed by atoms with E-state index in [1.54, 1.807) is 31.3 Å². The number of anilines is 2. The van der Waals surface area contributed by atoms with Gasteiger partial charge >= 0.3 is 6.03 Å². The molecule has 1 aromatic heterocycles. The predicted molar refractivity (Wildman–Crippen MR) is 103 cm³/mol. The molecule has 0 bridgehead atoms. The minimum atomic E-state index is -0.452. The number of aromatic nitrogens is 1. The quantitative estimate of drug-likeness (QED) is 0.555. The number of pyridine rings is 1. The van der Waals surface area contributed by atoms with Crippen LogP contribution >= 0.6 is 51.1 Å². The summed E-state index contributed by atoms with van der Waals surface area (Å²) < 4.78 is 8.36. The van der Waals surface area contributed by atoms with Crippen molar-refractivity contribution in [3.05, 3.63) is 38.8 Å². The molecule has 0 saturated heterocycles. The number of ether oxygens (including phenoxy) is 1. The standard InChI is InChI=1S/C14H13BrCl2N4O2S/c1-18-12-10(6-7(15)13(20-12)23-2)19-14(22)21-24-11-8(16)4-3-5-9(11)17/h3-6H,1-2H3,(H,18,20)(H2,19,21,22). The van der Waals surface area contributed by atoms with Crippen LogP contribution in [-0.4, -0.2) is 25.2 Å². The van der Waals surface area contributed by atoms with Crippen LogP contribution in [0.1, 0.15) is 0 Å². The minimum absolute atomic E-state index is 0.405. The summed E-state index contributed by atoms with van der Waals surface area (Å²) in [6, 6.07) is 6.35. The zero-order valence-electron chi connectivity index (χ0n) is 12.6. The topological polar surface area (TPSA) is 75.3 Å². The van der Waals surface area contributed by atoms with Gasteiger partial charge in [-0.3, -0.25) is 4.72 Å². The summed E-state index contributed by atoms with van der Waals surface area (Å²) in [6.45, 7) is 0. The molecule has 24 heavy (non-hydrogen) atoms. The average Bonchev–Trinajstić information content (AvgIpc) is 2.54. The third-order valence-electron chi connectivity index (χ3n) is 2.79. The zero-order valence-corrected chi connectivity index (χ0v) is 16.5. The number of nitrogens with zero attached hydrogens (tertiary/aromatic N) is 1. The molecular weight excluding hydrogens is 439 g/mol. The van der Waals surface area contributed by atoms with Gasteiger partial charge < -0.3 is 15.4 Å². The second-order valence-corrected chi connectivity index (χ2v) is 6.82. The molecule has 2 aromatic rings. The molecule has 1 aromatic carbocycles. The van der Waals surface area contributed by atoms with E-state index in [1.165, 1.54) is 7.11 Å². The highest BCUT2D eigenvalue weighted by atomic mass is 79.9. The highest BCUT2D eigenvalue weighted by Gasteiger charge is 2.14. The Balaban J connectivity index is 2.09. The Morgan fingerprint density at radius 3 is 2.58 bits per heavy atom. The lowest BCUT2D eigenvalue weighted by Gasteiger charge is -2.13. The number of nitrogens with one attached hydrogen (secondary N) is 3. The molecule has 0 fully saturated rings. The Labute approximate surface area is 161 Å². The van der Waals surface area contributed by atoms with Crippen LogP contribution in [-0.2, 0) is 0 Å². The number of hydrogen-bond donors (Lipinski definition) is 3. The molecular formula is C14H13BrCl2N4O2S. The van der Waals surface area contributed by atoms with Crippen LogP contribution < -0.4 is 20.1 Å². The smallest absolute Gasteiger partial charge is 0.329 e. The van der Waals surface area contributed by atoms with E-state index in [1.807, 2.05) is 0 Å². The molecule has 3 N–H and O–H groups in total. The van der Waals surface area contributed by atoms with Crippen molar-refractivity contribution in [1.82, 2.24) is 9.71 Å². The van der Waals surface area contributed by atoms with Crippen LogP contribution in [0.5, 0.6) is 5.88 Å². The molecule has 0 atom stereocenters. The molecule has 2 amide bonds. The average molecular weight is 452 g/mol. The molecule has 0 aliphatic carbocycles. The lowest BCUT2D eigenvalue weighted by molar-refractivity contribution is 0.257. The maximum Gasteiger partial charge on any atom is 0.329 e. The number of carbonyl (C=O) groups is 1. The van der Waals surface area contributed by atoms with Crippen LogP contribution in [0.15, 0.2) is 33.6 Å². The summed E-state index contributed by atoms with van der Waals surface area (Å²) >= 11 is 16.5. The molecule has 128 valence electrons. The van der Waals surface area contributed by atoms with Gasteiger partial charge in [0.2, 0.25) is 5.88 Å². The first-order chi connectivity index (χ1) is 11.5. The van der Waals surface area contributed by atoms with Crippen molar-refractivity contribution in [2.24, 2.45) is 0 Å². The molecule has 10 heteroatoms. The van der Waals surface area contributed by atoms with E-state index in [2.05, 4.69) is 36.3 Å². The van der Waals surface area contributed by atoms with Crippen LogP contribution in [0.25, 0.3) is 0 Å². The van der Waals surface area contributed by atoms with Crippen molar-refractivity contribution in [3.8, 4) is 5.88 Å². The summed E-state index contributed by atoms with van der Waals surface area (Å²) in [5.74, 6) is 0.869. The molecule has 0 radical (unpaired) electrons. The normalized spacial score (nSPS) is 10.2. The van der Waals surface area contributed by atoms with Crippen molar-refractivity contribution >= 4 is 68.6 Å². The van der Waals surface area contributed by atoms with Crippen molar-refractivity contribution in [3.63, 3.8) is 0 Å². The fourth-order valence-corrected chi connectivity index (χ4v) is 3.41. The fraction of sp³-hybridized carbons (Fsp3) is 0.143. The molecule has 0 spiro atoms. The van der Waals surface area contributed by atoms with Gasteiger partial charge in [0.25, 0.3) is 0 Å². The predicted octanol–water partition coefficient (Wildman–Crippen LogP) is 5.03. The molecule has 0 aliphatic rings. The number of carbonyl (C=O) groups excluding carboxylic acids is 1. The monoisotopic (exact) mass is 450 g/mol. The van der Waals surface area contributed by atoms with E-state index < -0.39 is 6.03 Å². The lowest BCUT2D eigenvalue weighted by atomic mass is 10.3. The van der Waals surface area contributed by atoms with Gasteiger partial charge in [0.1, 0.15) is 0 Å². The van der Waals surface area contributed by atoms with Gasteiger partial charge in [0.15, 0.2) is 5.82 Å². The Morgan fingerprint density at radius 1 is 1.33 bits per heavy atom. The number of urea groups is 1. The van der Waals surface area contributed by atoms with Gasteiger partial charge in [0.05, 0.1) is 32.2 Å². The summed E-state index contributed by atoms with van der Waals surface area (Å²) in [5, 5.41) is 6.50. The van der Waals surface area contributed by atoms with E-state index in [4.69, 9.17) is 27.9 Å². The molecule has 0 unspecified atom stereocenters. The van der Waals surface area contributed by atoms with Gasteiger partial charge in [0, 0.05) is 7.05 Å². The third-order valence-corrected chi connectivity index (χ3v) is 5.14. The maximum atomic E-state index is 12.1. The van der Waals surface area contributed by atoms with E-state index in [0.717, 1.165) is 11.9 Å². The minimum Gasteiger partial charge on any atom is -0.480 e. The SMILES string of the molecule is CNc1nc(OC)c(Br)cc1NC(=O)NSc1c(Cl)cccc1Cl.